The number of carbonyl (C=O) groups excluding carboxylic acids is 1. The summed E-state index contributed by atoms with van der Waals surface area (Å²) >= 11 is 5.75. The Hall–Kier alpha value is -1.53. The zero-order valence-electron chi connectivity index (χ0n) is 8.50. The van der Waals surface area contributed by atoms with Crippen molar-refractivity contribution in [2.45, 2.75) is 13.3 Å². The van der Waals surface area contributed by atoms with Crippen LogP contribution in [0.5, 0.6) is 0 Å². The van der Waals surface area contributed by atoms with Crippen LogP contribution in [0.15, 0.2) is 12.3 Å². The summed E-state index contributed by atoms with van der Waals surface area (Å²) in [6.45, 7) is 1.85. The van der Waals surface area contributed by atoms with Gasteiger partial charge in [-0.2, -0.15) is 0 Å². The predicted octanol–water partition coefficient (Wildman–Crippen LogP) is 1.96. The van der Waals surface area contributed by atoms with E-state index >= 15 is 0 Å². The minimum atomic E-state index is -0.346. The first-order chi connectivity index (χ1) is 7.13. The highest BCUT2D eigenvalue weighted by atomic mass is 35.5. The largest absolute Gasteiger partial charge is 0.468 e. The number of rotatable bonds is 1. The van der Waals surface area contributed by atoms with Gasteiger partial charge >= 0.3 is 5.97 Å². The van der Waals surface area contributed by atoms with E-state index in [1.807, 2.05) is 13.0 Å². The number of nitrogens with zero attached hydrogens (tertiary/aromatic N) is 1. The SMILES string of the molecule is COC(=O)CC#Cc1cnc(Cl)c(C)c1. The molecule has 1 aromatic heterocycles. The number of hydrogen-bond donors (Lipinski definition) is 0. The van der Waals surface area contributed by atoms with Crippen molar-refractivity contribution in [3.05, 3.63) is 28.5 Å². The minimum Gasteiger partial charge on any atom is -0.468 e. The number of esters is 1. The van der Waals surface area contributed by atoms with Crippen molar-refractivity contribution in [3.63, 3.8) is 0 Å². The molecule has 0 aliphatic carbocycles. The van der Waals surface area contributed by atoms with Gasteiger partial charge in [-0.15, -0.1) is 0 Å². The maximum atomic E-state index is 10.8. The fourth-order valence-corrected chi connectivity index (χ4v) is 1.02. The summed E-state index contributed by atoms with van der Waals surface area (Å²) in [5.41, 5.74) is 1.60. The third-order valence-electron chi connectivity index (χ3n) is 1.71. The molecule has 0 bridgehead atoms. The van der Waals surface area contributed by atoms with E-state index in [1.54, 1.807) is 6.20 Å². The van der Waals surface area contributed by atoms with Gasteiger partial charge in [0.25, 0.3) is 0 Å². The molecule has 15 heavy (non-hydrogen) atoms. The third kappa shape index (κ3) is 3.61. The molecular weight excluding hydrogens is 214 g/mol. The van der Waals surface area contributed by atoms with Gasteiger partial charge < -0.3 is 4.74 Å². The van der Waals surface area contributed by atoms with Gasteiger partial charge in [-0.1, -0.05) is 23.4 Å². The summed E-state index contributed by atoms with van der Waals surface area (Å²) in [5.74, 6) is 5.15. The van der Waals surface area contributed by atoms with Gasteiger partial charge in [0, 0.05) is 11.8 Å². The molecule has 0 aromatic carbocycles. The topological polar surface area (TPSA) is 39.2 Å². The molecule has 1 heterocycles. The van der Waals surface area contributed by atoms with Crippen LogP contribution >= 0.6 is 11.6 Å². The Labute approximate surface area is 93.4 Å². The standard InChI is InChI=1S/C11H10ClNO2/c1-8-6-9(7-13-11(8)12)4-3-5-10(14)15-2/h6-7H,5H2,1-2H3. The molecule has 3 nitrogen and oxygen atoms in total. The lowest BCUT2D eigenvalue weighted by atomic mass is 10.2. The summed E-state index contributed by atoms with van der Waals surface area (Å²) < 4.78 is 4.45. The number of methoxy groups -OCH3 is 1. The van der Waals surface area contributed by atoms with Crippen molar-refractivity contribution in [2.75, 3.05) is 7.11 Å². The van der Waals surface area contributed by atoms with Crippen molar-refractivity contribution in [1.29, 1.82) is 0 Å². The quantitative estimate of drug-likeness (QED) is 0.415. The number of pyridine rings is 1. The van der Waals surface area contributed by atoms with Gasteiger partial charge in [-0.25, -0.2) is 4.98 Å². The van der Waals surface area contributed by atoms with Gasteiger partial charge in [-0.3, -0.25) is 4.79 Å². The number of carbonyl (C=O) groups is 1. The molecule has 0 aliphatic heterocycles. The van der Waals surface area contributed by atoms with Crippen LogP contribution in [0.1, 0.15) is 17.5 Å². The molecule has 78 valence electrons. The smallest absolute Gasteiger partial charge is 0.317 e. The average molecular weight is 224 g/mol. The average Bonchev–Trinajstić information content (AvgIpc) is 2.23. The van der Waals surface area contributed by atoms with Crippen molar-refractivity contribution in [2.24, 2.45) is 0 Å². The molecule has 0 radical (unpaired) electrons. The molecule has 0 atom stereocenters. The van der Waals surface area contributed by atoms with Crippen LogP contribution in [-0.2, 0) is 9.53 Å². The lowest BCUT2D eigenvalue weighted by Crippen LogP contribution is -1.97. The van der Waals surface area contributed by atoms with Gasteiger partial charge in [0.15, 0.2) is 0 Å². The lowest BCUT2D eigenvalue weighted by Gasteiger charge is -1.95. The van der Waals surface area contributed by atoms with Gasteiger partial charge in [-0.05, 0) is 18.6 Å². The molecular formula is C11H10ClNO2. The monoisotopic (exact) mass is 223 g/mol. The van der Waals surface area contributed by atoms with Crippen LogP contribution < -0.4 is 0 Å². The van der Waals surface area contributed by atoms with Crippen LogP contribution in [0.4, 0.5) is 0 Å². The summed E-state index contributed by atoms with van der Waals surface area (Å²) in [4.78, 5) is 14.7. The van der Waals surface area contributed by atoms with Crippen molar-refractivity contribution in [3.8, 4) is 11.8 Å². The summed E-state index contributed by atoms with van der Waals surface area (Å²) in [6, 6.07) is 1.82. The van der Waals surface area contributed by atoms with Crippen LogP contribution in [0.25, 0.3) is 0 Å². The third-order valence-corrected chi connectivity index (χ3v) is 2.10. The van der Waals surface area contributed by atoms with Crippen LogP contribution in [0.2, 0.25) is 5.15 Å². The Bertz CT molecular complexity index is 432. The van der Waals surface area contributed by atoms with E-state index in [9.17, 15) is 4.79 Å². The summed E-state index contributed by atoms with van der Waals surface area (Å²) in [6.07, 6.45) is 1.65. The molecule has 0 spiro atoms. The zero-order valence-corrected chi connectivity index (χ0v) is 9.26. The van der Waals surface area contributed by atoms with Crippen molar-refractivity contribution in [1.82, 2.24) is 4.98 Å². The van der Waals surface area contributed by atoms with Crippen LogP contribution in [0.3, 0.4) is 0 Å². The van der Waals surface area contributed by atoms with Gasteiger partial charge in [0.2, 0.25) is 0 Å². The van der Waals surface area contributed by atoms with Gasteiger partial charge in [0.1, 0.15) is 11.6 Å². The first-order valence-corrected chi connectivity index (χ1v) is 4.69. The number of halogens is 1. The van der Waals surface area contributed by atoms with Crippen molar-refractivity contribution >= 4 is 17.6 Å². The Kier molecular flexibility index (Phi) is 4.14. The van der Waals surface area contributed by atoms with Gasteiger partial charge in [0.05, 0.1) is 7.11 Å². The van der Waals surface area contributed by atoms with E-state index in [4.69, 9.17) is 11.6 Å². The molecule has 1 rings (SSSR count). The maximum Gasteiger partial charge on any atom is 0.317 e. The summed E-state index contributed by atoms with van der Waals surface area (Å²) in [7, 11) is 1.33. The molecule has 0 aliphatic rings. The Balaban J connectivity index is 2.72. The highest BCUT2D eigenvalue weighted by molar-refractivity contribution is 6.30. The molecule has 1 aromatic rings. The highest BCUT2D eigenvalue weighted by Crippen LogP contribution is 2.11. The van der Waals surface area contributed by atoms with E-state index in [0.717, 1.165) is 11.1 Å². The van der Waals surface area contributed by atoms with E-state index in [1.165, 1.54) is 7.11 Å². The molecule has 4 heteroatoms. The second kappa shape index (κ2) is 5.38. The number of ether oxygens (including phenoxy) is 1. The second-order valence-electron chi connectivity index (χ2n) is 2.89. The molecule has 0 saturated carbocycles. The minimum absolute atomic E-state index is 0.0815. The Morgan fingerprint density at radius 1 is 1.67 bits per heavy atom. The number of aryl methyl sites for hydroxylation is 1. The predicted molar refractivity (Wildman–Crippen MR) is 57.5 cm³/mol. The van der Waals surface area contributed by atoms with E-state index in [-0.39, 0.29) is 12.4 Å². The second-order valence-corrected chi connectivity index (χ2v) is 3.24. The fraction of sp³-hybridized carbons (Fsp3) is 0.273. The lowest BCUT2D eigenvalue weighted by molar-refractivity contribution is -0.139. The Morgan fingerprint density at radius 3 is 3.00 bits per heavy atom. The maximum absolute atomic E-state index is 10.8. The number of aromatic nitrogens is 1. The van der Waals surface area contributed by atoms with Crippen LogP contribution in [-0.4, -0.2) is 18.1 Å². The number of hydrogen-bond acceptors (Lipinski definition) is 3. The van der Waals surface area contributed by atoms with E-state index < -0.39 is 0 Å². The normalized spacial score (nSPS) is 9.00. The first kappa shape index (κ1) is 11.5. The summed E-state index contributed by atoms with van der Waals surface area (Å²) in [5, 5.41) is 0.466. The molecule has 0 N–H and O–H groups in total. The van der Waals surface area contributed by atoms with Crippen molar-refractivity contribution < 1.29 is 9.53 Å². The molecule has 0 fully saturated rings. The van der Waals surface area contributed by atoms with E-state index in [0.29, 0.717) is 5.15 Å². The Morgan fingerprint density at radius 2 is 2.40 bits per heavy atom. The molecule has 0 amide bonds. The molecule has 0 saturated heterocycles. The molecule has 0 unspecified atom stereocenters. The first-order valence-electron chi connectivity index (χ1n) is 4.31. The van der Waals surface area contributed by atoms with E-state index in [2.05, 4.69) is 21.6 Å². The fourth-order valence-electron chi connectivity index (χ4n) is 0.917. The highest BCUT2D eigenvalue weighted by Gasteiger charge is 1.97. The zero-order chi connectivity index (χ0) is 11.3. The van der Waals surface area contributed by atoms with Crippen LogP contribution in [0, 0.1) is 18.8 Å².